The molecule has 1 unspecified atom stereocenters. The van der Waals surface area contributed by atoms with Crippen LogP contribution in [-0.2, 0) is 4.79 Å². The number of hydrogen-bond donors (Lipinski definition) is 0. The highest BCUT2D eigenvalue weighted by Gasteiger charge is 2.23. The number of halogens is 1. The Morgan fingerprint density at radius 1 is 1.18 bits per heavy atom. The molecule has 1 rings (SSSR count). The number of hydrogen-bond acceptors (Lipinski definition) is 1. The van der Waals surface area contributed by atoms with Crippen molar-refractivity contribution in [3.8, 4) is 0 Å². The molecule has 0 bridgehead atoms. The predicted octanol–water partition coefficient (Wildman–Crippen LogP) is 4.83. The van der Waals surface area contributed by atoms with Gasteiger partial charge in [0.25, 0.3) is 0 Å². The van der Waals surface area contributed by atoms with Gasteiger partial charge in [-0.15, -0.1) is 0 Å². The van der Waals surface area contributed by atoms with Gasteiger partial charge in [-0.1, -0.05) is 56.0 Å². The summed E-state index contributed by atoms with van der Waals surface area (Å²) in [5, 5.41) is 0.714. The third kappa shape index (κ3) is 7.77. The van der Waals surface area contributed by atoms with Gasteiger partial charge in [-0.2, -0.15) is 0 Å². The molecule has 0 radical (unpaired) electrons. The molecule has 0 aliphatic carbocycles. The molecule has 22 heavy (non-hydrogen) atoms. The minimum absolute atomic E-state index is 0.107. The van der Waals surface area contributed by atoms with Crippen LogP contribution in [0.1, 0.15) is 38.2 Å². The highest BCUT2D eigenvalue weighted by molar-refractivity contribution is 6.30. The van der Waals surface area contributed by atoms with E-state index >= 15 is 0 Å². The second-order valence-electron chi connectivity index (χ2n) is 6.95. The number of rotatable bonds is 9. The Hall–Kier alpha value is -1.12. The molecule has 0 aliphatic rings. The van der Waals surface area contributed by atoms with Crippen LogP contribution in [0.2, 0.25) is 5.02 Å². The zero-order chi connectivity index (χ0) is 16.6. The summed E-state index contributed by atoms with van der Waals surface area (Å²) in [5.41, 5.74) is 1.01. The zero-order valence-electron chi connectivity index (χ0n) is 14.3. The van der Waals surface area contributed by atoms with Crippen LogP contribution in [0.5, 0.6) is 0 Å². The van der Waals surface area contributed by atoms with E-state index in [1.807, 2.05) is 30.3 Å². The van der Waals surface area contributed by atoms with Gasteiger partial charge in [0.1, 0.15) is 0 Å². The lowest BCUT2D eigenvalue weighted by molar-refractivity contribution is -0.872. The van der Waals surface area contributed by atoms with Crippen molar-refractivity contribution < 1.29 is 9.28 Å². The van der Waals surface area contributed by atoms with Crippen molar-refractivity contribution in [2.75, 3.05) is 27.7 Å². The lowest BCUT2D eigenvalue weighted by atomic mass is 9.95. The number of carbonyl (C=O) groups is 1. The lowest BCUT2D eigenvalue weighted by Crippen LogP contribution is -2.41. The SMILES string of the molecule is CCCCCC(C[N+](C)(C)C)C(=O)/C=C/c1ccc(Cl)cc1. The Kier molecular flexibility index (Phi) is 7.84. The second kappa shape index (κ2) is 9.12. The summed E-state index contributed by atoms with van der Waals surface area (Å²) in [6, 6.07) is 7.54. The van der Waals surface area contributed by atoms with E-state index in [9.17, 15) is 4.79 Å². The van der Waals surface area contributed by atoms with E-state index in [2.05, 4.69) is 28.1 Å². The molecule has 0 saturated carbocycles. The number of unbranched alkanes of at least 4 members (excludes halogenated alkanes) is 2. The van der Waals surface area contributed by atoms with Crippen LogP contribution in [0.3, 0.4) is 0 Å². The molecule has 122 valence electrons. The van der Waals surface area contributed by atoms with E-state index in [0.29, 0.717) is 5.02 Å². The van der Waals surface area contributed by atoms with Gasteiger partial charge in [0.2, 0.25) is 0 Å². The molecule has 2 nitrogen and oxygen atoms in total. The Labute approximate surface area is 140 Å². The molecule has 0 spiro atoms. The maximum atomic E-state index is 12.5. The summed E-state index contributed by atoms with van der Waals surface area (Å²) in [5.74, 6) is 0.342. The van der Waals surface area contributed by atoms with Gasteiger partial charge in [-0.25, -0.2) is 0 Å². The minimum atomic E-state index is 0.107. The number of quaternary nitrogens is 1. The first-order chi connectivity index (χ1) is 10.3. The van der Waals surface area contributed by atoms with Gasteiger partial charge in [0.15, 0.2) is 5.78 Å². The topological polar surface area (TPSA) is 17.1 Å². The largest absolute Gasteiger partial charge is 0.330 e. The average Bonchev–Trinajstić information content (AvgIpc) is 2.44. The Bertz CT molecular complexity index is 485. The minimum Gasteiger partial charge on any atom is -0.330 e. The van der Waals surface area contributed by atoms with Gasteiger partial charge in [-0.05, 0) is 30.2 Å². The Morgan fingerprint density at radius 2 is 1.82 bits per heavy atom. The molecule has 0 N–H and O–H groups in total. The molecule has 0 aromatic heterocycles. The second-order valence-corrected chi connectivity index (χ2v) is 7.39. The molecule has 1 aromatic carbocycles. The molecule has 0 saturated heterocycles. The fourth-order valence-corrected chi connectivity index (χ4v) is 2.64. The summed E-state index contributed by atoms with van der Waals surface area (Å²) in [6.07, 6.45) is 8.11. The van der Waals surface area contributed by atoms with Crippen LogP contribution in [0.4, 0.5) is 0 Å². The highest BCUT2D eigenvalue weighted by atomic mass is 35.5. The first-order valence-corrected chi connectivity index (χ1v) is 8.47. The lowest BCUT2D eigenvalue weighted by Gasteiger charge is -2.28. The third-order valence-electron chi connectivity index (χ3n) is 3.64. The molecular formula is C19H29ClNO+. The van der Waals surface area contributed by atoms with Crippen molar-refractivity contribution in [1.82, 2.24) is 0 Å². The molecular weight excluding hydrogens is 294 g/mol. The predicted molar refractivity (Wildman–Crippen MR) is 96.0 cm³/mol. The fourth-order valence-electron chi connectivity index (χ4n) is 2.51. The third-order valence-corrected chi connectivity index (χ3v) is 3.89. The maximum Gasteiger partial charge on any atom is 0.164 e. The van der Waals surface area contributed by atoms with E-state index < -0.39 is 0 Å². The first-order valence-electron chi connectivity index (χ1n) is 8.10. The summed E-state index contributed by atoms with van der Waals surface area (Å²) >= 11 is 5.88. The smallest absolute Gasteiger partial charge is 0.164 e. The Balaban J connectivity index is 2.70. The summed E-state index contributed by atoms with van der Waals surface area (Å²) in [4.78, 5) is 12.5. The van der Waals surface area contributed by atoms with Gasteiger partial charge < -0.3 is 4.48 Å². The Morgan fingerprint density at radius 3 is 2.36 bits per heavy atom. The van der Waals surface area contributed by atoms with Crippen LogP contribution in [0.25, 0.3) is 6.08 Å². The molecule has 0 amide bonds. The summed E-state index contributed by atoms with van der Waals surface area (Å²) in [6.45, 7) is 3.07. The van der Waals surface area contributed by atoms with Crippen molar-refractivity contribution in [2.24, 2.45) is 5.92 Å². The van der Waals surface area contributed by atoms with Crippen LogP contribution >= 0.6 is 11.6 Å². The van der Waals surface area contributed by atoms with Crippen molar-refractivity contribution in [1.29, 1.82) is 0 Å². The van der Waals surface area contributed by atoms with Gasteiger partial charge in [0.05, 0.1) is 33.6 Å². The maximum absolute atomic E-state index is 12.5. The number of benzene rings is 1. The highest BCUT2D eigenvalue weighted by Crippen LogP contribution is 2.16. The molecule has 0 aliphatic heterocycles. The van der Waals surface area contributed by atoms with E-state index in [-0.39, 0.29) is 11.7 Å². The van der Waals surface area contributed by atoms with Gasteiger partial charge in [0, 0.05) is 5.02 Å². The summed E-state index contributed by atoms with van der Waals surface area (Å²) in [7, 11) is 6.43. The molecule has 3 heteroatoms. The van der Waals surface area contributed by atoms with E-state index in [1.54, 1.807) is 6.08 Å². The van der Waals surface area contributed by atoms with Crippen LogP contribution < -0.4 is 0 Å². The quantitative estimate of drug-likeness (QED) is 0.362. The summed E-state index contributed by atoms with van der Waals surface area (Å²) < 4.78 is 0.817. The van der Waals surface area contributed by atoms with E-state index in [4.69, 9.17) is 11.6 Å². The number of carbonyl (C=O) groups excluding carboxylic acids is 1. The number of nitrogens with zero attached hydrogens (tertiary/aromatic N) is 1. The van der Waals surface area contributed by atoms with Crippen molar-refractivity contribution in [3.05, 3.63) is 40.9 Å². The monoisotopic (exact) mass is 322 g/mol. The normalized spacial score (nSPS) is 13.5. The number of allylic oxidation sites excluding steroid dienone is 1. The van der Waals surface area contributed by atoms with Gasteiger partial charge in [-0.3, -0.25) is 4.79 Å². The molecule has 1 aromatic rings. The number of ketones is 1. The van der Waals surface area contributed by atoms with Crippen LogP contribution in [-0.4, -0.2) is 38.0 Å². The fraction of sp³-hybridized carbons (Fsp3) is 0.526. The van der Waals surface area contributed by atoms with Crippen molar-refractivity contribution in [3.63, 3.8) is 0 Å². The van der Waals surface area contributed by atoms with E-state index in [0.717, 1.165) is 29.4 Å². The average molecular weight is 323 g/mol. The standard InChI is InChI=1S/C19H29ClNO/c1-5-6-7-8-17(15-21(2,3)4)19(22)14-11-16-9-12-18(20)13-10-16/h9-14,17H,5-8,15H2,1-4H3/q+1/b14-11+. The molecule has 0 heterocycles. The van der Waals surface area contributed by atoms with E-state index in [1.165, 1.54) is 12.8 Å². The van der Waals surface area contributed by atoms with Crippen molar-refractivity contribution in [2.45, 2.75) is 32.6 Å². The van der Waals surface area contributed by atoms with Gasteiger partial charge >= 0.3 is 0 Å². The zero-order valence-corrected chi connectivity index (χ0v) is 15.1. The van der Waals surface area contributed by atoms with Crippen molar-refractivity contribution >= 4 is 23.5 Å². The van der Waals surface area contributed by atoms with Crippen LogP contribution in [0, 0.1) is 5.92 Å². The first kappa shape index (κ1) is 18.9. The molecule has 0 fully saturated rings. The molecule has 1 atom stereocenters. The van der Waals surface area contributed by atoms with Crippen LogP contribution in [0.15, 0.2) is 30.3 Å².